The first-order valence-electron chi connectivity index (χ1n) is 22.2. The van der Waals surface area contributed by atoms with Gasteiger partial charge in [0.15, 0.2) is 11.6 Å². The van der Waals surface area contributed by atoms with Crippen molar-refractivity contribution >= 4 is 55.4 Å². The second kappa shape index (κ2) is 19.1. The van der Waals surface area contributed by atoms with E-state index in [1.807, 2.05) is 22.7 Å². The van der Waals surface area contributed by atoms with Gasteiger partial charge in [0, 0.05) is 52.1 Å². The van der Waals surface area contributed by atoms with Crippen LogP contribution in [-0.4, -0.2) is 106 Å². The van der Waals surface area contributed by atoms with Crippen molar-refractivity contribution in [2.75, 3.05) is 51.0 Å². The largest absolute Gasteiger partial charge is 0.453 e. The molecule has 0 bridgehead atoms. The number of fused-ring (bicyclic) bond motifs is 2. The lowest BCUT2D eigenvalue weighted by atomic mass is 9.87. The Morgan fingerprint density at radius 1 is 1.02 bits per heavy atom. The number of likely N-dealkylation sites (tertiary alicyclic amines) is 2. The second-order valence-corrected chi connectivity index (χ2v) is 19.0. The van der Waals surface area contributed by atoms with Gasteiger partial charge in [-0.25, -0.2) is 9.37 Å². The van der Waals surface area contributed by atoms with Crippen molar-refractivity contribution in [2.45, 2.75) is 76.7 Å². The van der Waals surface area contributed by atoms with Gasteiger partial charge in [0.05, 0.1) is 46.6 Å². The van der Waals surface area contributed by atoms with E-state index in [1.54, 1.807) is 13.0 Å². The smallest absolute Gasteiger partial charge is 0.301 e. The highest BCUT2D eigenvalue weighted by Crippen LogP contribution is 2.36. The van der Waals surface area contributed by atoms with Gasteiger partial charge in [0.25, 0.3) is 5.56 Å². The zero-order chi connectivity index (χ0) is 46.0. The van der Waals surface area contributed by atoms with E-state index in [0.29, 0.717) is 62.1 Å². The molecular weight excluding hydrogens is 856 g/mol. The number of piperidine rings is 3. The number of halogens is 1. The standard InChI is InChI=1S/C46H53FN10O7S/c1-4-53(2)65(62,63)52-39-13-11-37(47)44(36(39)26-48)64-32-8-12-38-35(25-32)46(61)57(28-49-38)19-5-6-29-15-22-56(23-16-29)42(59)27-55-20-17-30(18-21-55)31-7-9-33-40(24-31)54(3)51-43(33)34-10-14-41(58)50-45(34)60/h7-9,11-13,24-25,28-30,34,52H,4-6,10,14-23,27H2,1-3H3,(H,50,58,60). The summed E-state index contributed by atoms with van der Waals surface area (Å²) in [6.07, 6.45) is 7.54. The molecule has 0 aliphatic carbocycles. The first kappa shape index (κ1) is 45.3. The number of aromatic nitrogens is 4. The molecule has 3 aliphatic rings. The Morgan fingerprint density at radius 2 is 1.78 bits per heavy atom. The number of rotatable bonds is 14. The number of anilines is 1. The zero-order valence-corrected chi connectivity index (χ0v) is 37.6. The van der Waals surface area contributed by atoms with Crippen LogP contribution in [0.1, 0.15) is 86.9 Å². The molecule has 65 heavy (non-hydrogen) atoms. The SMILES string of the molecule is CCN(C)S(=O)(=O)Nc1ccc(F)c(Oc2ccc3ncn(CCCC4CCN(C(=O)CN5CCC(c6ccc7c(C8CCC(=O)NC8=O)nn(C)c7c6)CC5)CC4)c(=O)c3c2)c1C#N. The highest BCUT2D eigenvalue weighted by molar-refractivity contribution is 7.90. The molecule has 3 amide bonds. The maximum Gasteiger partial charge on any atom is 0.301 e. The summed E-state index contributed by atoms with van der Waals surface area (Å²) in [6.45, 7) is 5.70. The van der Waals surface area contributed by atoms with Crippen LogP contribution in [0, 0.1) is 23.1 Å². The van der Waals surface area contributed by atoms with Crippen LogP contribution in [0.5, 0.6) is 11.5 Å². The lowest BCUT2D eigenvalue weighted by Gasteiger charge is -2.36. The van der Waals surface area contributed by atoms with E-state index in [4.69, 9.17) is 4.74 Å². The number of amides is 3. The van der Waals surface area contributed by atoms with E-state index in [9.17, 15) is 32.9 Å². The highest BCUT2D eigenvalue weighted by atomic mass is 32.2. The Labute approximate surface area is 376 Å². The van der Waals surface area contributed by atoms with E-state index in [2.05, 4.69) is 43.2 Å². The Bertz CT molecular complexity index is 2860. The summed E-state index contributed by atoms with van der Waals surface area (Å²) < 4.78 is 52.8. The van der Waals surface area contributed by atoms with Crippen LogP contribution in [0.4, 0.5) is 10.1 Å². The van der Waals surface area contributed by atoms with E-state index >= 15 is 4.39 Å². The normalized spacial score (nSPS) is 18.0. The number of hydrogen-bond donors (Lipinski definition) is 2. The monoisotopic (exact) mass is 908 g/mol. The maximum atomic E-state index is 15.0. The molecule has 3 saturated heterocycles. The lowest BCUT2D eigenvalue weighted by Crippen LogP contribution is -2.46. The summed E-state index contributed by atoms with van der Waals surface area (Å²) in [4.78, 5) is 59.9. The van der Waals surface area contributed by atoms with E-state index in [-0.39, 0.29) is 52.2 Å². The Balaban J connectivity index is 0.802. The molecule has 1 atom stereocenters. The van der Waals surface area contributed by atoms with Crippen molar-refractivity contribution in [1.82, 2.24) is 38.8 Å². The average Bonchev–Trinajstić information content (AvgIpc) is 3.63. The fourth-order valence-electron chi connectivity index (χ4n) is 9.22. The molecule has 2 N–H and O–H groups in total. The van der Waals surface area contributed by atoms with Crippen molar-refractivity contribution in [3.05, 3.63) is 87.9 Å². The third-order valence-corrected chi connectivity index (χ3v) is 14.8. The molecular formula is C46H53FN10O7S. The summed E-state index contributed by atoms with van der Waals surface area (Å²) in [5.74, 6) is -1.34. The molecule has 0 spiro atoms. The molecule has 2 aromatic heterocycles. The predicted octanol–water partition coefficient (Wildman–Crippen LogP) is 5.11. The first-order chi connectivity index (χ1) is 31.2. The van der Waals surface area contributed by atoms with Crippen molar-refractivity contribution in [3.8, 4) is 17.6 Å². The number of imide groups is 1. The minimum Gasteiger partial charge on any atom is -0.453 e. The van der Waals surface area contributed by atoms with Gasteiger partial charge in [0.1, 0.15) is 17.4 Å². The molecule has 17 nitrogen and oxygen atoms in total. The van der Waals surface area contributed by atoms with E-state index < -0.39 is 27.7 Å². The quantitative estimate of drug-likeness (QED) is 0.140. The summed E-state index contributed by atoms with van der Waals surface area (Å²) in [7, 11) is -0.760. The Kier molecular flexibility index (Phi) is 13.3. The minimum absolute atomic E-state index is 0.0737. The summed E-state index contributed by atoms with van der Waals surface area (Å²) in [5.41, 5.74) is 2.51. The molecule has 1 unspecified atom stereocenters. The van der Waals surface area contributed by atoms with Gasteiger partial charge in [-0.15, -0.1) is 0 Å². The molecule has 19 heteroatoms. The molecule has 3 aliphatic heterocycles. The van der Waals surface area contributed by atoms with Crippen LogP contribution in [0.15, 0.2) is 59.7 Å². The number of nitriles is 1. The van der Waals surface area contributed by atoms with Gasteiger partial charge in [0.2, 0.25) is 17.7 Å². The lowest BCUT2D eigenvalue weighted by molar-refractivity contribution is -0.135. The van der Waals surface area contributed by atoms with Crippen molar-refractivity contribution in [1.29, 1.82) is 5.26 Å². The molecule has 0 radical (unpaired) electrons. The van der Waals surface area contributed by atoms with Gasteiger partial charge < -0.3 is 9.64 Å². The number of hydrogen-bond acceptors (Lipinski definition) is 11. The first-order valence-corrected chi connectivity index (χ1v) is 23.6. The van der Waals surface area contributed by atoms with Gasteiger partial charge in [-0.2, -0.15) is 23.1 Å². The van der Waals surface area contributed by atoms with Crippen LogP contribution in [-0.2, 0) is 38.2 Å². The fourth-order valence-corrected chi connectivity index (χ4v) is 10.2. The molecule has 0 saturated carbocycles. The van der Waals surface area contributed by atoms with Gasteiger partial charge in [-0.1, -0.05) is 19.1 Å². The number of nitrogens with one attached hydrogen (secondary N) is 2. The number of ether oxygens (including phenoxy) is 1. The molecule has 5 heterocycles. The Morgan fingerprint density at radius 3 is 2.51 bits per heavy atom. The number of aryl methyl sites for hydroxylation is 2. The van der Waals surface area contributed by atoms with Crippen LogP contribution in [0.3, 0.4) is 0 Å². The van der Waals surface area contributed by atoms with E-state index in [1.165, 1.54) is 35.6 Å². The second-order valence-electron chi connectivity index (χ2n) is 17.3. The number of nitrogens with zero attached hydrogens (tertiary/aromatic N) is 8. The Hall–Kier alpha value is -6.23. The van der Waals surface area contributed by atoms with Crippen LogP contribution < -0.4 is 20.3 Å². The molecule has 8 rings (SSSR count). The van der Waals surface area contributed by atoms with Gasteiger partial charge >= 0.3 is 10.2 Å². The molecule has 342 valence electrons. The van der Waals surface area contributed by atoms with Crippen LogP contribution >= 0.6 is 0 Å². The summed E-state index contributed by atoms with van der Waals surface area (Å²) >= 11 is 0. The number of carbonyl (C=O) groups is 3. The third-order valence-electron chi connectivity index (χ3n) is 13.2. The average molecular weight is 909 g/mol. The van der Waals surface area contributed by atoms with Crippen LogP contribution in [0.25, 0.3) is 21.8 Å². The molecule has 3 fully saturated rings. The highest BCUT2D eigenvalue weighted by Gasteiger charge is 2.33. The number of carbonyl (C=O) groups excluding carboxylic acids is 3. The fraction of sp³-hybridized carbons (Fsp3) is 0.457. The van der Waals surface area contributed by atoms with Crippen molar-refractivity contribution < 1.29 is 31.9 Å². The third kappa shape index (κ3) is 9.75. The van der Waals surface area contributed by atoms with E-state index in [0.717, 1.165) is 79.0 Å². The van der Waals surface area contributed by atoms with Crippen molar-refractivity contribution in [3.63, 3.8) is 0 Å². The topological polar surface area (TPSA) is 205 Å². The minimum atomic E-state index is -4.01. The van der Waals surface area contributed by atoms with Crippen molar-refractivity contribution in [2.24, 2.45) is 13.0 Å². The number of benzene rings is 3. The molecule has 5 aromatic rings. The summed E-state index contributed by atoms with van der Waals surface area (Å²) in [6, 6.07) is 14.8. The predicted molar refractivity (Wildman–Crippen MR) is 241 cm³/mol. The van der Waals surface area contributed by atoms with Crippen LogP contribution in [0.2, 0.25) is 0 Å². The zero-order valence-electron chi connectivity index (χ0n) is 36.8. The summed E-state index contributed by atoms with van der Waals surface area (Å²) in [5, 5.41) is 18.2. The molecule has 3 aromatic carbocycles. The van der Waals surface area contributed by atoms with Gasteiger partial charge in [-0.3, -0.25) is 43.4 Å². The maximum absolute atomic E-state index is 15.0. The van der Waals surface area contributed by atoms with Gasteiger partial charge in [-0.05, 0) is 112 Å².